The standard InChI is InChI=1S/C13H15F2NO2/c1-8-2-3-10(13(15)12(8)14)11(17)6-9-7-18-5-4-16-9/h2-3,9,16H,4-7H2,1H3. The Morgan fingerprint density at radius 2 is 2.22 bits per heavy atom. The predicted molar refractivity (Wildman–Crippen MR) is 62.7 cm³/mol. The minimum Gasteiger partial charge on any atom is -0.378 e. The van der Waals surface area contributed by atoms with Gasteiger partial charge in [0.1, 0.15) is 0 Å². The summed E-state index contributed by atoms with van der Waals surface area (Å²) < 4.78 is 32.2. The normalized spacial score (nSPS) is 19.8. The van der Waals surface area contributed by atoms with E-state index in [1.807, 2.05) is 0 Å². The minimum atomic E-state index is -1.06. The van der Waals surface area contributed by atoms with Crippen LogP contribution in [0.15, 0.2) is 12.1 Å². The number of carbonyl (C=O) groups is 1. The first-order chi connectivity index (χ1) is 8.59. The summed E-state index contributed by atoms with van der Waals surface area (Å²) in [7, 11) is 0. The molecule has 18 heavy (non-hydrogen) atoms. The smallest absolute Gasteiger partial charge is 0.169 e. The minimum absolute atomic E-state index is 0.111. The Balaban J connectivity index is 2.11. The summed E-state index contributed by atoms with van der Waals surface area (Å²) >= 11 is 0. The topological polar surface area (TPSA) is 38.3 Å². The Morgan fingerprint density at radius 1 is 1.44 bits per heavy atom. The first-order valence-corrected chi connectivity index (χ1v) is 5.88. The third-order valence-corrected chi connectivity index (χ3v) is 3.01. The van der Waals surface area contributed by atoms with Gasteiger partial charge in [0.25, 0.3) is 0 Å². The van der Waals surface area contributed by atoms with Crippen molar-refractivity contribution >= 4 is 5.78 Å². The highest BCUT2D eigenvalue weighted by molar-refractivity contribution is 5.96. The largest absolute Gasteiger partial charge is 0.378 e. The van der Waals surface area contributed by atoms with Crippen molar-refractivity contribution in [2.45, 2.75) is 19.4 Å². The van der Waals surface area contributed by atoms with Crippen molar-refractivity contribution in [2.24, 2.45) is 0 Å². The average Bonchev–Trinajstić information content (AvgIpc) is 2.37. The molecule has 5 heteroatoms. The van der Waals surface area contributed by atoms with E-state index in [0.717, 1.165) is 0 Å². The van der Waals surface area contributed by atoms with Crippen LogP contribution in [0.2, 0.25) is 0 Å². The van der Waals surface area contributed by atoms with Crippen LogP contribution >= 0.6 is 0 Å². The van der Waals surface area contributed by atoms with Crippen LogP contribution in [0.5, 0.6) is 0 Å². The fourth-order valence-electron chi connectivity index (χ4n) is 1.95. The van der Waals surface area contributed by atoms with Crippen LogP contribution in [0.25, 0.3) is 0 Å². The molecule has 1 N–H and O–H groups in total. The quantitative estimate of drug-likeness (QED) is 0.837. The molecule has 1 heterocycles. The molecule has 0 spiro atoms. The monoisotopic (exact) mass is 255 g/mol. The number of ketones is 1. The van der Waals surface area contributed by atoms with E-state index in [1.54, 1.807) is 0 Å². The maximum Gasteiger partial charge on any atom is 0.169 e. The highest BCUT2D eigenvalue weighted by Crippen LogP contribution is 2.18. The van der Waals surface area contributed by atoms with E-state index < -0.39 is 17.4 Å². The van der Waals surface area contributed by atoms with Crippen LogP contribution in [-0.2, 0) is 4.74 Å². The highest BCUT2D eigenvalue weighted by atomic mass is 19.2. The van der Waals surface area contributed by atoms with Crippen molar-refractivity contribution in [1.29, 1.82) is 0 Å². The van der Waals surface area contributed by atoms with Gasteiger partial charge >= 0.3 is 0 Å². The zero-order valence-corrected chi connectivity index (χ0v) is 10.1. The summed E-state index contributed by atoms with van der Waals surface area (Å²) in [5.41, 5.74) is 0.00801. The third kappa shape index (κ3) is 2.73. The maximum atomic E-state index is 13.6. The summed E-state index contributed by atoms with van der Waals surface area (Å²) in [5, 5.41) is 3.10. The highest BCUT2D eigenvalue weighted by Gasteiger charge is 2.22. The number of morpholine rings is 1. The second-order valence-electron chi connectivity index (χ2n) is 4.41. The SMILES string of the molecule is Cc1ccc(C(=O)CC2COCCN2)c(F)c1F. The summed E-state index contributed by atoms with van der Waals surface area (Å²) in [4.78, 5) is 11.9. The molecule has 98 valence electrons. The molecule has 1 atom stereocenters. The van der Waals surface area contributed by atoms with Gasteiger partial charge in [-0.15, -0.1) is 0 Å². The van der Waals surface area contributed by atoms with Gasteiger partial charge in [0.05, 0.1) is 18.8 Å². The molecule has 0 aromatic heterocycles. The molecule has 1 aliphatic rings. The molecule has 3 nitrogen and oxygen atoms in total. The lowest BCUT2D eigenvalue weighted by Gasteiger charge is -2.23. The lowest BCUT2D eigenvalue weighted by molar-refractivity contribution is 0.0674. The Morgan fingerprint density at radius 3 is 2.89 bits per heavy atom. The van der Waals surface area contributed by atoms with Crippen molar-refractivity contribution < 1.29 is 18.3 Å². The van der Waals surface area contributed by atoms with E-state index in [-0.39, 0.29) is 23.6 Å². The van der Waals surface area contributed by atoms with Gasteiger partial charge in [-0.1, -0.05) is 6.07 Å². The molecule has 1 aliphatic heterocycles. The number of hydrogen-bond acceptors (Lipinski definition) is 3. The molecule has 1 aromatic rings. The molecule has 1 saturated heterocycles. The number of carbonyl (C=O) groups excluding carboxylic acids is 1. The zero-order valence-electron chi connectivity index (χ0n) is 10.1. The number of Topliss-reactive ketones (excluding diaryl/α,β-unsaturated/α-hetero) is 1. The van der Waals surface area contributed by atoms with Gasteiger partial charge in [-0.05, 0) is 18.6 Å². The number of halogens is 2. The van der Waals surface area contributed by atoms with Crippen LogP contribution in [-0.4, -0.2) is 31.6 Å². The number of rotatable bonds is 3. The average molecular weight is 255 g/mol. The number of benzene rings is 1. The molecule has 2 rings (SSSR count). The van der Waals surface area contributed by atoms with E-state index >= 15 is 0 Å². The molecular weight excluding hydrogens is 240 g/mol. The molecule has 0 bridgehead atoms. The third-order valence-electron chi connectivity index (χ3n) is 3.01. The molecule has 0 radical (unpaired) electrons. The summed E-state index contributed by atoms with van der Waals surface area (Å²) in [6.07, 6.45) is 0.111. The fourth-order valence-corrected chi connectivity index (χ4v) is 1.95. The molecule has 1 fully saturated rings. The second kappa shape index (κ2) is 5.54. The van der Waals surface area contributed by atoms with Crippen molar-refractivity contribution in [1.82, 2.24) is 5.32 Å². The number of aryl methyl sites for hydroxylation is 1. The Hall–Kier alpha value is -1.33. The van der Waals surface area contributed by atoms with Gasteiger partial charge in [0.15, 0.2) is 17.4 Å². The number of ether oxygens (including phenoxy) is 1. The molecule has 0 amide bonds. The van der Waals surface area contributed by atoms with Crippen molar-refractivity contribution in [3.05, 3.63) is 34.9 Å². The van der Waals surface area contributed by atoms with E-state index in [9.17, 15) is 13.6 Å². The summed E-state index contributed by atoms with van der Waals surface area (Å²) in [5.74, 6) is -2.42. The molecule has 1 unspecified atom stereocenters. The lowest BCUT2D eigenvalue weighted by atomic mass is 10.0. The van der Waals surface area contributed by atoms with Crippen LogP contribution in [0, 0.1) is 18.6 Å². The maximum absolute atomic E-state index is 13.6. The summed E-state index contributed by atoms with van der Waals surface area (Å²) in [6, 6.07) is 2.62. The zero-order chi connectivity index (χ0) is 13.1. The van der Waals surface area contributed by atoms with Crippen LogP contribution in [0.1, 0.15) is 22.3 Å². The van der Waals surface area contributed by atoms with Crippen molar-refractivity contribution in [3.63, 3.8) is 0 Å². The summed E-state index contributed by atoms with van der Waals surface area (Å²) in [6.45, 7) is 3.16. The van der Waals surface area contributed by atoms with Gasteiger partial charge in [-0.2, -0.15) is 0 Å². The Kier molecular flexibility index (Phi) is 4.04. The van der Waals surface area contributed by atoms with Gasteiger partial charge in [0, 0.05) is 19.0 Å². The first kappa shape index (κ1) is 13.1. The first-order valence-electron chi connectivity index (χ1n) is 5.88. The fraction of sp³-hybridized carbons (Fsp3) is 0.462. The second-order valence-corrected chi connectivity index (χ2v) is 4.41. The van der Waals surface area contributed by atoms with E-state index in [0.29, 0.717) is 19.8 Å². The van der Waals surface area contributed by atoms with Gasteiger partial charge in [-0.25, -0.2) is 8.78 Å². The molecule has 1 aromatic carbocycles. The molecular formula is C13H15F2NO2. The van der Waals surface area contributed by atoms with Gasteiger partial charge < -0.3 is 10.1 Å². The Bertz CT molecular complexity index is 457. The number of hydrogen-bond donors (Lipinski definition) is 1. The predicted octanol–water partition coefficient (Wildman–Crippen LogP) is 1.83. The van der Waals surface area contributed by atoms with Crippen molar-refractivity contribution in [3.8, 4) is 0 Å². The van der Waals surface area contributed by atoms with Crippen LogP contribution in [0.3, 0.4) is 0 Å². The molecule has 0 saturated carbocycles. The lowest BCUT2D eigenvalue weighted by Crippen LogP contribution is -2.42. The molecule has 0 aliphatic carbocycles. The Labute approximate surface area is 104 Å². The van der Waals surface area contributed by atoms with E-state index in [1.165, 1.54) is 19.1 Å². The van der Waals surface area contributed by atoms with Gasteiger partial charge in [-0.3, -0.25) is 4.79 Å². The van der Waals surface area contributed by atoms with Gasteiger partial charge in [0.2, 0.25) is 0 Å². The van der Waals surface area contributed by atoms with E-state index in [2.05, 4.69) is 5.32 Å². The van der Waals surface area contributed by atoms with Crippen LogP contribution in [0.4, 0.5) is 8.78 Å². The van der Waals surface area contributed by atoms with Crippen molar-refractivity contribution in [2.75, 3.05) is 19.8 Å². The number of nitrogens with one attached hydrogen (secondary N) is 1. The van der Waals surface area contributed by atoms with Crippen LogP contribution < -0.4 is 5.32 Å². The van der Waals surface area contributed by atoms with E-state index in [4.69, 9.17) is 4.74 Å².